The van der Waals surface area contributed by atoms with Crippen LogP contribution in [0.15, 0.2) is 30.0 Å². The predicted octanol–water partition coefficient (Wildman–Crippen LogP) is 1.73. The van der Waals surface area contributed by atoms with Crippen molar-refractivity contribution in [2.75, 3.05) is 27.9 Å². The second kappa shape index (κ2) is 8.24. The molecule has 1 atom stereocenters. The molecule has 1 aliphatic rings. The third-order valence-electron chi connectivity index (χ3n) is 3.68. The van der Waals surface area contributed by atoms with Gasteiger partial charge in [-0.3, -0.25) is 4.79 Å². The summed E-state index contributed by atoms with van der Waals surface area (Å²) in [6.45, 7) is 0.590. The summed E-state index contributed by atoms with van der Waals surface area (Å²) in [5.41, 5.74) is 1.03. The average molecular weight is 335 g/mol. The maximum absolute atomic E-state index is 12.4. The van der Waals surface area contributed by atoms with Gasteiger partial charge in [-0.05, 0) is 30.5 Å². The Bertz CT molecular complexity index is 640. The van der Waals surface area contributed by atoms with Crippen molar-refractivity contribution < 1.29 is 28.5 Å². The number of hydrogen-bond acceptors (Lipinski definition) is 6. The van der Waals surface area contributed by atoms with Gasteiger partial charge in [-0.25, -0.2) is 4.79 Å². The van der Waals surface area contributed by atoms with Gasteiger partial charge in [0.25, 0.3) is 5.91 Å². The Morgan fingerprint density at radius 2 is 1.92 bits per heavy atom. The topological polar surface area (TPSA) is 83.1 Å². The Morgan fingerprint density at radius 3 is 2.50 bits per heavy atom. The highest BCUT2D eigenvalue weighted by atomic mass is 16.5. The highest BCUT2D eigenvalue weighted by Crippen LogP contribution is 2.30. The number of rotatable bonds is 6. The van der Waals surface area contributed by atoms with Crippen LogP contribution in [0.3, 0.4) is 0 Å². The van der Waals surface area contributed by atoms with E-state index in [0.717, 1.165) is 6.42 Å². The maximum atomic E-state index is 12.4. The van der Waals surface area contributed by atoms with Crippen molar-refractivity contribution in [2.45, 2.75) is 18.9 Å². The molecule has 1 aromatic rings. The molecule has 7 nitrogen and oxygen atoms in total. The van der Waals surface area contributed by atoms with Gasteiger partial charge in [0, 0.05) is 0 Å². The summed E-state index contributed by atoms with van der Waals surface area (Å²) in [5.74, 6) is 0.0470. The Kier molecular flexibility index (Phi) is 6.06. The van der Waals surface area contributed by atoms with Gasteiger partial charge in [0.15, 0.2) is 17.5 Å². The number of esters is 1. The molecule has 24 heavy (non-hydrogen) atoms. The summed E-state index contributed by atoms with van der Waals surface area (Å²) in [6, 6.07) is 4.02. The summed E-state index contributed by atoms with van der Waals surface area (Å²) in [5, 5.41) is 2.68. The molecule has 7 heteroatoms. The van der Waals surface area contributed by atoms with Crippen LogP contribution in [0.4, 0.5) is 0 Å². The van der Waals surface area contributed by atoms with E-state index in [9.17, 15) is 9.59 Å². The fourth-order valence-electron chi connectivity index (χ4n) is 2.38. The normalized spacial score (nSPS) is 14.7. The molecule has 0 radical (unpaired) electrons. The first-order valence-corrected chi connectivity index (χ1v) is 7.52. The van der Waals surface area contributed by atoms with Crippen LogP contribution in [0.1, 0.15) is 24.4 Å². The number of methoxy groups -OCH3 is 3. The first-order chi connectivity index (χ1) is 11.6. The number of carbonyl (C=O) groups is 2. The van der Waals surface area contributed by atoms with Crippen LogP contribution in [0.5, 0.6) is 11.5 Å². The molecule has 0 spiro atoms. The third kappa shape index (κ3) is 3.98. The highest BCUT2D eigenvalue weighted by Gasteiger charge is 2.26. The van der Waals surface area contributed by atoms with Crippen molar-refractivity contribution in [3.63, 3.8) is 0 Å². The summed E-state index contributed by atoms with van der Waals surface area (Å²) >= 11 is 0. The number of benzene rings is 1. The van der Waals surface area contributed by atoms with Gasteiger partial charge in [-0.2, -0.15) is 0 Å². The minimum Gasteiger partial charge on any atom is -0.501 e. The SMILES string of the molecule is COC(=O)C(NC(=O)C1=COCCC1)c1ccc(OC)c(OC)c1. The van der Waals surface area contributed by atoms with E-state index in [0.29, 0.717) is 35.7 Å². The van der Waals surface area contributed by atoms with Gasteiger partial charge < -0.3 is 24.3 Å². The lowest BCUT2D eigenvalue weighted by Gasteiger charge is -2.20. The van der Waals surface area contributed by atoms with Crippen LogP contribution in [-0.2, 0) is 19.1 Å². The van der Waals surface area contributed by atoms with Crippen LogP contribution in [0, 0.1) is 0 Å². The molecule has 1 aromatic carbocycles. The van der Waals surface area contributed by atoms with Gasteiger partial charge in [0.05, 0.1) is 39.8 Å². The largest absolute Gasteiger partial charge is 0.501 e. The van der Waals surface area contributed by atoms with Crippen LogP contribution in [0.25, 0.3) is 0 Å². The first-order valence-electron chi connectivity index (χ1n) is 7.52. The number of amides is 1. The third-order valence-corrected chi connectivity index (χ3v) is 3.68. The Balaban J connectivity index is 2.27. The monoisotopic (exact) mass is 335 g/mol. The molecule has 0 saturated carbocycles. The van der Waals surface area contributed by atoms with Gasteiger partial charge in [0.1, 0.15) is 0 Å². The van der Waals surface area contributed by atoms with E-state index in [4.69, 9.17) is 18.9 Å². The Hall–Kier alpha value is -2.70. The lowest BCUT2D eigenvalue weighted by molar-refractivity contribution is -0.145. The van der Waals surface area contributed by atoms with E-state index in [-0.39, 0.29) is 5.91 Å². The zero-order valence-corrected chi connectivity index (χ0v) is 14.0. The Labute approximate surface area is 140 Å². The van der Waals surface area contributed by atoms with E-state index in [1.165, 1.54) is 27.6 Å². The summed E-state index contributed by atoms with van der Waals surface area (Å²) in [6.07, 6.45) is 2.80. The molecule has 0 bridgehead atoms. The summed E-state index contributed by atoms with van der Waals surface area (Å²) < 4.78 is 20.4. The second-order valence-corrected chi connectivity index (χ2v) is 5.16. The van der Waals surface area contributed by atoms with Crippen LogP contribution in [-0.4, -0.2) is 39.8 Å². The van der Waals surface area contributed by atoms with Crippen molar-refractivity contribution in [1.82, 2.24) is 5.32 Å². The quantitative estimate of drug-likeness (QED) is 0.797. The van der Waals surface area contributed by atoms with Crippen molar-refractivity contribution in [3.05, 3.63) is 35.6 Å². The standard InChI is InChI=1S/C17H21NO6/c1-21-13-7-6-11(9-14(13)22-2)15(17(20)23-3)18-16(19)12-5-4-8-24-10-12/h6-7,9-10,15H,4-5,8H2,1-3H3,(H,18,19). The fraction of sp³-hybridized carbons (Fsp3) is 0.412. The fourth-order valence-corrected chi connectivity index (χ4v) is 2.38. The second-order valence-electron chi connectivity index (χ2n) is 5.16. The molecule has 1 unspecified atom stereocenters. The van der Waals surface area contributed by atoms with Crippen molar-refractivity contribution in [3.8, 4) is 11.5 Å². The highest BCUT2D eigenvalue weighted by molar-refractivity contribution is 5.96. The lowest BCUT2D eigenvalue weighted by Crippen LogP contribution is -2.35. The van der Waals surface area contributed by atoms with Crippen LogP contribution >= 0.6 is 0 Å². The molecule has 0 aromatic heterocycles. The molecule has 0 aliphatic carbocycles. The van der Waals surface area contributed by atoms with Crippen LogP contribution in [0.2, 0.25) is 0 Å². The molecule has 130 valence electrons. The first kappa shape index (κ1) is 17.7. The van der Waals surface area contributed by atoms with Gasteiger partial charge in [0.2, 0.25) is 0 Å². The predicted molar refractivity (Wildman–Crippen MR) is 85.7 cm³/mol. The maximum Gasteiger partial charge on any atom is 0.333 e. The zero-order chi connectivity index (χ0) is 17.5. The van der Waals surface area contributed by atoms with Crippen molar-refractivity contribution in [1.29, 1.82) is 0 Å². The zero-order valence-electron chi connectivity index (χ0n) is 14.0. The lowest BCUT2D eigenvalue weighted by atomic mass is 10.0. The van der Waals surface area contributed by atoms with Gasteiger partial charge >= 0.3 is 5.97 Å². The number of nitrogens with one attached hydrogen (secondary N) is 1. The van der Waals surface area contributed by atoms with E-state index in [1.807, 2.05) is 0 Å². The van der Waals surface area contributed by atoms with E-state index in [2.05, 4.69) is 5.32 Å². The molecular formula is C17H21NO6. The van der Waals surface area contributed by atoms with E-state index >= 15 is 0 Å². The number of ether oxygens (including phenoxy) is 4. The summed E-state index contributed by atoms with van der Waals surface area (Å²) in [4.78, 5) is 24.5. The van der Waals surface area contributed by atoms with E-state index in [1.54, 1.807) is 18.2 Å². The number of hydrogen-bond donors (Lipinski definition) is 1. The molecule has 1 N–H and O–H groups in total. The molecule has 1 aliphatic heterocycles. The molecule has 1 heterocycles. The van der Waals surface area contributed by atoms with Gasteiger partial charge in [-0.1, -0.05) is 6.07 Å². The molecular weight excluding hydrogens is 314 g/mol. The van der Waals surface area contributed by atoms with Crippen LogP contribution < -0.4 is 14.8 Å². The average Bonchev–Trinajstić information content (AvgIpc) is 2.65. The molecule has 0 fully saturated rings. The van der Waals surface area contributed by atoms with Gasteiger partial charge in [-0.15, -0.1) is 0 Å². The smallest absolute Gasteiger partial charge is 0.333 e. The van der Waals surface area contributed by atoms with E-state index < -0.39 is 12.0 Å². The molecule has 0 saturated heterocycles. The molecule has 1 amide bonds. The van der Waals surface area contributed by atoms with Crippen molar-refractivity contribution >= 4 is 11.9 Å². The molecule has 2 rings (SSSR count). The summed E-state index contributed by atoms with van der Waals surface area (Å²) in [7, 11) is 4.29. The minimum atomic E-state index is -0.954. The Morgan fingerprint density at radius 1 is 1.17 bits per heavy atom. The van der Waals surface area contributed by atoms with Crippen molar-refractivity contribution in [2.24, 2.45) is 0 Å². The minimum absolute atomic E-state index is 0.361. The number of carbonyl (C=O) groups excluding carboxylic acids is 2.